The average Bonchev–Trinajstić information content (AvgIpc) is 2.47. The van der Waals surface area contributed by atoms with E-state index in [1.165, 1.54) is 6.20 Å². The molecule has 1 heterocycles. The van der Waals surface area contributed by atoms with Crippen molar-refractivity contribution in [1.29, 1.82) is 0 Å². The van der Waals surface area contributed by atoms with Crippen LogP contribution in [0.3, 0.4) is 0 Å². The lowest BCUT2D eigenvalue weighted by Crippen LogP contribution is -2.42. The first-order valence-electron chi connectivity index (χ1n) is 6.24. The van der Waals surface area contributed by atoms with Crippen molar-refractivity contribution in [2.24, 2.45) is 0 Å². The number of methoxy groups -OCH3 is 1. The molecule has 106 valence electrons. The number of amides is 2. The highest BCUT2D eigenvalue weighted by Gasteiger charge is 2.28. The Labute approximate surface area is 116 Å². The minimum absolute atomic E-state index is 0.277. The van der Waals surface area contributed by atoms with Gasteiger partial charge >= 0.3 is 12.0 Å². The van der Waals surface area contributed by atoms with E-state index in [-0.39, 0.29) is 12.6 Å². The Hall–Kier alpha value is -2.50. The first kappa shape index (κ1) is 13.9. The molecule has 1 aliphatic heterocycles. The predicted octanol–water partition coefficient (Wildman–Crippen LogP) is 1.50. The summed E-state index contributed by atoms with van der Waals surface area (Å²) in [5.41, 5.74) is 1.14. The van der Waals surface area contributed by atoms with Gasteiger partial charge in [-0.05, 0) is 24.6 Å². The van der Waals surface area contributed by atoms with Gasteiger partial charge in [-0.15, -0.1) is 0 Å². The van der Waals surface area contributed by atoms with Gasteiger partial charge in [0, 0.05) is 6.20 Å². The molecule has 0 radical (unpaired) electrons. The van der Waals surface area contributed by atoms with Crippen LogP contribution in [-0.2, 0) is 9.53 Å². The number of hydrogen-bond acceptors (Lipinski definition) is 4. The van der Waals surface area contributed by atoms with Gasteiger partial charge in [0.1, 0.15) is 5.75 Å². The van der Waals surface area contributed by atoms with Gasteiger partial charge in [-0.25, -0.2) is 9.59 Å². The summed E-state index contributed by atoms with van der Waals surface area (Å²) in [7, 11) is 1.57. The van der Waals surface area contributed by atoms with E-state index in [0.29, 0.717) is 11.3 Å². The van der Waals surface area contributed by atoms with Crippen molar-refractivity contribution in [3.63, 3.8) is 0 Å². The van der Waals surface area contributed by atoms with E-state index in [2.05, 4.69) is 10.6 Å². The first-order chi connectivity index (χ1) is 9.65. The summed E-state index contributed by atoms with van der Waals surface area (Å²) in [4.78, 5) is 23.4. The van der Waals surface area contributed by atoms with Crippen molar-refractivity contribution in [3.8, 4) is 5.75 Å². The van der Waals surface area contributed by atoms with E-state index in [0.717, 1.165) is 5.56 Å². The van der Waals surface area contributed by atoms with Crippen molar-refractivity contribution < 1.29 is 19.1 Å². The number of esters is 1. The van der Waals surface area contributed by atoms with Crippen LogP contribution in [0.2, 0.25) is 0 Å². The van der Waals surface area contributed by atoms with Crippen molar-refractivity contribution in [2.45, 2.75) is 13.0 Å². The molecule has 1 aliphatic rings. The number of benzene rings is 1. The fourth-order valence-corrected chi connectivity index (χ4v) is 1.93. The maximum Gasteiger partial charge on any atom is 0.337 e. The maximum atomic E-state index is 11.9. The van der Waals surface area contributed by atoms with E-state index in [1.807, 2.05) is 0 Å². The smallest absolute Gasteiger partial charge is 0.337 e. The topological polar surface area (TPSA) is 76.7 Å². The lowest BCUT2D eigenvalue weighted by molar-refractivity contribution is -0.139. The van der Waals surface area contributed by atoms with Crippen LogP contribution in [0.1, 0.15) is 18.5 Å². The fraction of sp³-hybridized carbons (Fsp3) is 0.286. The minimum Gasteiger partial charge on any atom is -0.497 e. The van der Waals surface area contributed by atoms with Crippen molar-refractivity contribution in [1.82, 2.24) is 10.6 Å². The van der Waals surface area contributed by atoms with E-state index in [1.54, 1.807) is 38.3 Å². The monoisotopic (exact) mass is 276 g/mol. The highest BCUT2D eigenvalue weighted by atomic mass is 16.5. The van der Waals surface area contributed by atoms with Crippen LogP contribution in [0.5, 0.6) is 5.75 Å². The highest BCUT2D eigenvalue weighted by Crippen LogP contribution is 2.26. The van der Waals surface area contributed by atoms with E-state index < -0.39 is 12.0 Å². The fourth-order valence-electron chi connectivity index (χ4n) is 1.93. The molecule has 1 atom stereocenters. The molecular formula is C14H16N2O4. The van der Waals surface area contributed by atoms with Gasteiger partial charge in [-0.3, -0.25) is 0 Å². The van der Waals surface area contributed by atoms with E-state index in [9.17, 15) is 9.59 Å². The summed E-state index contributed by atoms with van der Waals surface area (Å²) in [5, 5.41) is 5.16. The summed E-state index contributed by atoms with van der Waals surface area (Å²) in [6.07, 6.45) is 1.38. The molecule has 0 aliphatic carbocycles. The van der Waals surface area contributed by atoms with Gasteiger partial charge in [0.25, 0.3) is 0 Å². The molecule has 1 aromatic carbocycles. The lowest BCUT2D eigenvalue weighted by Gasteiger charge is -2.25. The molecule has 0 saturated heterocycles. The Bertz CT molecular complexity index is 537. The first-order valence-corrected chi connectivity index (χ1v) is 6.24. The molecule has 0 spiro atoms. The molecule has 6 heteroatoms. The van der Waals surface area contributed by atoms with Gasteiger partial charge in [0.05, 0.1) is 25.3 Å². The quantitative estimate of drug-likeness (QED) is 0.817. The molecule has 0 unspecified atom stereocenters. The Morgan fingerprint density at radius 1 is 1.30 bits per heavy atom. The zero-order valence-corrected chi connectivity index (χ0v) is 11.3. The molecule has 2 N–H and O–H groups in total. The van der Waals surface area contributed by atoms with Gasteiger partial charge in [-0.1, -0.05) is 12.1 Å². The van der Waals surface area contributed by atoms with Crippen LogP contribution in [0.15, 0.2) is 36.0 Å². The number of ether oxygens (including phenoxy) is 2. The van der Waals surface area contributed by atoms with Crippen LogP contribution < -0.4 is 15.4 Å². The molecule has 6 nitrogen and oxygen atoms in total. The number of urea groups is 1. The Kier molecular flexibility index (Phi) is 4.24. The molecule has 2 amide bonds. The maximum absolute atomic E-state index is 11.9. The molecule has 2 rings (SSSR count). The van der Waals surface area contributed by atoms with Crippen LogP contribution in [0.25, 0.3) is 0 Å². The van der Waals surface area contributed by atoms with Crippen LogP contribution in [0.4, 0.5) is 4.79 Å². The largest absolute Gasteiger partial charge is 0.497 e. The second-order valence-corrected chi connectivity index (χ2v) is 4.14. The third-order valence-corrected chi connectivity index (χ3v) is 2.91. The summed E-state index contributed by atoms with van der Waals surface area (Å²) in [6, 6.07) is 6.23. The van der Waals surface area contributed by atoms with Crippen molar-refractivity contribution in [2.75, 3.05) is 13.7 Å². The molecule has 20 heavy (non-hydrogen) atoms. The molecule has 0 aromatic heterocycles. The third-order valence-electron chi connectivity index (χ3n) is 2.91. The zero-order chi connectivity index (χ0) is 14.5. The summed E-state index contributed by atoms with van der Waals surface area (Å²) in [5.74, 6) is 0.247. The van der Waals surface area contributed by atoms with E-state index in [4.69, 9.17) is 9.47 Å². The molecular weight excluding hydrogens is 260 g/mol. The summed E-state index contributed by atoms with van der Waals surface area (Å²) >= 11 is 0. The Morgan fingerprint density at radius 2 is 2.00 bits per heavy atom. The predicted molar refractivity (Wildman–Crippen MR) is 72.1 cm³/mol. The van der Waals surface area contributed by atoms with Gasteiger partial charge in [0.2, 0.25) is 0 Å². The summed E-state index contributed by atoms with van der Waals surface area (Å²) in [6.45, 7) is 2.01. The van der Waals surface area contributed by atoms with Crippen molar-refractivity contribution >= 4 is 12.0 Å². The Balaban J connectivity index is 2.29. The average molecular weight is 276 g/mol. The zero-order valence-electron chi connectivity index (χ0n) is 11.3. The normalized spacial score (nSPS) is 17.6. The number of nitrogens with one attached hydrogen (secondary N) is 2. The molecule has 1 aromatic rings. The van der Waals surface area contributed by atoms with Gasteiger partial charge in [0.15, 0.2) is 0 Å². The standard InChI is InChI=1S/C14H16N2O4/c1-3-20-13(17)11-8-15-14(18)16-12(11)9-4-6-10(19-2)7-5-9/h4-8,12H,3H2,1-2H3,(H2,15,16,18)/t12-/m1/s1. The number of carbonyl (C=O) groups is 2. The number of rotatable bonds is 4. The SMILES string of the molecule is CCOC(=O)C1=CNC(=O)N[C@@H]1c1ccc(OC)cc1. The second kappa shape index (κ2) is 6.10. The van der Waals surface area contributed by atoms with Gasteiger partial charge < -0.3 is 20.1 Å². The molecule has 0 saturated carbocycles. The van der Waals surface area contributed by atoms with Crippen LogP contribution >= 0.6 is 0 Å². The lowest BCUT2D eigenvalue weighted by atomic mass is 9.98. The van der Waals surface area contributed by atoms with Crippen LogP contribution in [0, 0.1) is 0 Å². The molecule has 0 fully saturated rings. The highest BCUT2D eigenvalue weighted by molar-refractivity contribution is 5.93. The number of carbonyl (C=O) groups excluding carboxylic acids is 2. The minimum atomic E-state index is -0.534. The van der Waals surface area contributed by atoms with E-state index >= 15 is 0 Å². The van der Waals surface area contributed by atoms with Crippen LogP contribution in [-0.4, -0.2) is 25.7 Å². The van der Waals surface area contributed by atoms with Crippen molar-refractivity contribution in [3.05, 3.63) is 41.6 Å². The number of hydrogen-bond donors (Lipinski definition) is 2. The molecule has 0 bridgehead atoms. The second-order valence-electron chi connectivity index (χ2n) is 4.14. The van der Waals surface area contributed by atoms with Gasteiger partial charge in [-0.2, -0.15) is 0 Å². The summed E-state index contributed by atoms with van der Waals surface area (Å²) < 4.78 is 10.1. The Morgan fingerprint density at radius 3 is 2.60 bits per heavy atom. The third kappa shape index (κ3) is 2.90.